The minimum Gasteiger partial charge on any atom is -0.494 e. The van der Waals surface area contributed by atoms with Crippen LogP contribution in [0, 0.1) is 0 Å². The van der Waals surface area contributed by atoms with Crippen LogP contribution in [-0.2, 0) is 13.6 Å². The fraction of sp³-hybridized carbons (Fsp3) is 0.273. The molecule has 160 valence electrons. The number of hydrogen-bond acceptors (Lipinski definition) is 5. The first-order valence-corrected chi connectivity index (χ1v) is 10.1. The van der Waals surface area contributed by atoms with Crippen molar-refractivity contribution in [2.45, 2.75) is 26.3 Å². The second-order valence-electron chi connectivity index (χ2n) is 7.29. The van der Waals surface area contributed by atoms with Gasteiger partial charge in [0.05, 0.1) is 18.1 Å². The Hall–Kier alpha value is -3.88. The smallest absolute Gasteiger partial charge is 0.279 e. The maximum Gasteiger partial charge on any atom is 0.279 e. The number of primary amides is 1. The van der Waals surface area contributed by atoms with Gasteiger partial charge in [-0.05, 0) is 24.6 Å². The molecule has 0 aliphatic rings. The molecule has 2 aromatic heterocycles. The van der Waals surface area contributed by atoms with Crippen molar-refractivity contribution in [3.8, 4) is 5.75 Å². The van der Waals surface area contributed by atoms with E-state index in [-0.39, 0.29) is 11.5 Å². The van der Waals surface area contributed by atoms with Gasteiger partial charge in [-0.1, -0.05) is 31.5 Å². The number of unbranched alkanes of at least 4 members (excludes halogenated alkanes) is 1. The molecule has 3 N–H and O–H groups in total. The van der Waals surface area contributed by atoms with E-state index in [0.29, 0.717) is 35.0 Å². The molecule has 0 saturated carbocycles. The molecule has 0 radical (unpaired) electrons. The van der Waals surface area contributed by atoms with Crippen LogP contribution >= 0.6 is 0 Å². The van der Waals surface area contributed by atoms with Crippen LogP contribution in [0.15, 0.2) is 36.4 Å². The Morgan fingerprint density at radius 2 is 2.00 bits per heavy atom. The lowest BCUT2D eigenvalue weighted by Crippen LogP contribution is -2.17. The number of nitrogens with zero attached hydrogens (tertiary/aromatic N) is 4. The summed E-state index contributed by atoms with van der Waals surface area (Å²) in [6.45, 7) is 2.71. The zero-order valence-electron chi connectivity index (χ0n) is 17.7. The van der Waals surface area contributed by atoms with E-state index < -0.39 is 5.91 Å². The molecule has 0 bridgehead atoms. The number of benzene rings is 2. The minimum atomic E-state index is -0.575. The first kappa shape index (κ1) is 20.4. The molecule has 0 aliphatic heterocycles. The van der Waals surface area contributed by atoms with Crippen molar-refractivity contribution >= 4 is 39.7 Å². The Bertz CT molecular complexity index is 1300. The second kappa shape index (κ2) is 8.10. The van der Waals surface area contributed by atoms with Gasteiger partial charge in [0.2, 0.25) is 11.9 Å². The molecule has 2 amide bonds. The number of imidazole rings is 1. The average molecular weight is 420 g/mol. The quantitative estimate of drug-likeness (QED) is 0.476. The number of fused-ring (bicyclic) bond motifs is 2. The molecule has 0 saturated heterocycles. The number of aryl methyl sites for hydroxylation is 2. The molecule has 9 heteroatoms. The van der Waals surface area contributed by atoms with Gasteiger partial charge in [0.25, 0.3) is 5.91 Å². The number of nitrogens with two attached hydrogens (primary N) is 1. The number of carbonyl (C=O) groups is 2. The normalized spacial score (nSPS) is 11.2. The Balaban J connectivity index is 1.82. The Kier molecular flexibility index (Phi) is 5.33. The molecular formula is C22H24N6O3. The first-order chi connectivity index (χ1) is 14.9. The molecule has 2 heterocycles. The zero-order valence-corrected chi connectivity index (χ0v) is 17.7. The van der Waals surface area contributed by atoms with Gasteiger partial charge in [-0.2, -0.15) is 5.10 Å². The first-order valence-electron chi connectivity index (χ1n) is 10.1. The average Bonchev–Trinajstić information content (AvgIpc) is 3.29. The molecule has 4 aromatic rings. The van der Waals surface area contributed by atoms with E-state index in [1.54, 1.807) is 23.9 Å². The summed E-state index contributed by atoms with van der Waals surface area (Å²) in [6, 6.07) is 10.7. The highest BCUT2D eigenvalue weighted by Crippen LogP contribution is 2.31. The van der Waals surface area contributed by atoms with Gasteiger partial charge < -0.3 is 15.0 Å². The fourth-order valence-electron chi connectivity index (χ4n) is 3.70. The lowest BCUT2D eigenvalue weighted by atomic mass is 10.1. The van der Waals surface area contributed by atoms with Crippen LogP contribution in [-0.4, -0.2) is 38.3 Å². The number of nitrogens with one attached hydrogen (secondary N) is 1. The summed E-state index contributed by atoms with van der Waals surface area (Å²) >= 11 is 0. The molecule has 0 spiro atoms. The molecule has 9 nitrogen and oxygen atoms in total. The van der Waals surface area contributed by atoms with Crippen molar-refractivity contribution in [1.29, 1.82) is 0 Å². The van der Waals surface area contributed by atoms with Crippen molar-refractivity contribution in [2.24, 2.45) is 12.8 Å². The van der Waals surface area contributed by atoms with Crippen LogP contribution in [0.5, 0.6) is 5.75 Å². The molecule has 0 atom stereocenters. The van der Waals surface area contributed by atoms with E-state index in [4.69, 9.17) is 10.5 Å². The summed E-state index contributed by atoms with van der Waals surface area (Å²) < 4.78 is 9.07. The maximum absolute atomic E-state index is 13.1. The Morgan fingerprint density at radius 3 is 2.71 bits per heavy atom. The van der Waals surface area contributed by atoms with Gasteiger partial charge in [0.15, 0.2) is 5.69 Å². The van der Waals surface area contributed by atoms with Gasteiger partial charge in [0.1, 0.15) is 11.3 Å². The summed E-state index contributed by atoms with van der Waals surface area (Å²) in [6.07, 6.45) is 1.83. The van der Waals surface area contributed by atoms with E-state index in [2.05, 4.69) is 22.3 Å². The maximum atomic E-state index is 13.1. The number of rotatable bonds is 7. The van der Waals surface area contributed by atoms with E-state index >= 15 is 0 Å². The van der Waals surface area contributed by atoms with Crippen LogP contribution in [0.25, 0.3) is 21.9 Å². The number of para-hydroxylation sites is 1. The van der Waals surface area contributed by atoms with Crippen molar-refractivity contribution in [3.63, 3.8) is 0 Å². The van der Waals surface area contributed by atoms with Crippen molar-refractivity contribution in [1.82, 2.24) is 19.3 Å². The third kappa shape index (κ3) is 3.58. The standard InChI is InChI=1S/C22H24N6O3/c1-4-5-10-28-19-15(11-13(20(23)29)12-17(19)31-3)24-22(28)25-21(30)18-14-8-6-7-9-16(14)27(2)26-18/h6-9,11-12H,4-5,10H2,1-3H3,(H2,23,29)(H,24,25,30). The lowest BCUT2D eigenvalue weighted by Gasteiger charge is -2.11. The highest BCUT2D eigenvalue weighted by Gasteiger charge is 2.22. The van der Waals surface area contributed by atoms with E-state index in [1.165, 1.54) is 7.11 Å². The predicted octanol–water partition coefficient (Wildman–Crippen LogP) is 3.08. The molecule has 2 aromatic carbocycles. The molecular weight excluding hydrogens is 396 g/mol. The van der Waals surface area contributed by atoms with Crippen LogP contribution in [0.3, 0.4) is 0 Å². The van der Waals surface area contributed by atoms with Crippen LogP contribution < -0.4 is 15.8 Å². The lowest BCUT2D eigenvalue weighted by molar-refractivity contribution is 0.0996. The van der Waals surface area contributed by atoms with E-state index in [1.807, 2.05) is 28.8 Å². The predicted molar refractivity (Wildman–Crippen MR) is 118 cm³/mol. The number of carbonyl (C=O) groups excluding carboxylic acids is 2. The molecule has 0 fully saturated rings. The molecule has 31 heavy (non-hydrogen) atoms. The Labute approximate surface area is 178 Å². The topological polar surface area (TPSA) is 117 Å². The SMILES string of the molecule is CCCCn1c(NC(=O)c2nn(C)c3ccccc23)nc2cc(C(N)=O)cc(OC)c21. The number of hydrogen-bond donors (Lipinski definition) is 2. The number of amides is 2. The summed E-state index contributed by atoms with van der Waals surface area (Å²) in [7, 11) is 3.32. The summed E-state index contributed by atoms with van der Waals surface area (Å²) in [5, 5.41) is 8.04. The van der Waals surface area contributed by atoms with Gasteiger partial charge in [-0.15, -0.1) is 0 Å². The summed E-state index contributed by atoms with van der Waals surface area (Å²) in [5.41, 5.74) is 8.14. The van der Waals surface area contributed by atoms with Gasteiger partial charge in [0, 0.05) is 24.5 Å². The molecule has 0 aliphatic carbocycles. The Morgan fingerprint density at radius 1 is 1.23 bits per heavy atom. The van der Waals surface area contributed by atoms with Crippen LogP contribution in [0.1, 0.15) is 40.6 Å². The van der Waals surface area contributed by atoms with Crippen molar-refractivity contribution in [2.75, 3.05) is 12.4 Å². The number of anilines is 1. The summed E-state index contributed by atoms with van der Waals surface area (Å²) in [4.78, 5) is 29.4. The highest BCUT2D eigenvalue weighted by atomic mass is 16.5. The van der Waals surface area contributed by atoms with E-state index in [0.717, 1.165) is 23.7 Å². The third-order valence-electron chi connectivity index (χ3n) is 5.24. The van der Waals surface area contributed by atoms with Gasteiger partial charge in [-0.3, -0.25) is 19.6 Å². The van der Waals surface area contributed by atoms with Crippen LogP contribution in [0.2, 0.25) is 0 Å². The number of ether oxygens (including phenoxy) is 1. The minimum absolute atomic E-state index is 0.290. The van der Waals surface area contributed by atoms with Crippen molar-refractivity contribution < 1.29 is 14.3 Å². The number of methoxy groups -OCH3 is 1. The monoisotopic (exact) mass is 420 g/mol. The number of aromatic nitrogens is 4. The van der Waals surface area contributed by atoms with E-state index in [9.17, 15) is 9.59 Å². The molecule has 0 unspecified atom stereocenters. The van der Waals surface area contributed by atoms with Crippen molar-refractivity contribution in [3.05, 3.63) is 47.7 Å². The fourth-order valence-corrected chi connectivity index (χ4v) is 3.70. The zero-order chi connectivity index (χ0) is 22.1. The van der Waals surface area contributed by atoms with Gasteiger partial charge >= 0.3 is 0 Å². The highest BCUT2D eigenvalue weighted by molar-refractivity contribution is 6.11. The summed E-state index contributed by atoms with van der Waals surface area (Å²) in [5.74, 6) is -0.102. The molecule has 4 rings (SSSR count). The largest absolute Gasteiger partial charge is 0.494 e. The second-order valence-corrected chi connectivity index (χ2v) is 7.29. The van der Waals surface area contributed by atoms with Crippen LogP contribution in [0.4, 0.5) is 5.95 Å². The third-order valence-corrected chi connectivity index (χ3v) is 5.24. The van der Waals surface area contributed by atoms with Gasteiger partial charge in [-0.25, -0.2) is 4.98 Å².